The highest BCUT2D eigenvalue weighted by Gasteiger charge is 2.14. The predicted molar refractivity (Wildman–Crippen MR) is 123 cm³/mol. The van der Waals surface area contributed by atoms with E-state index in [1.165, 1.54) is 0 Å². The lowest BCUT2D eigenvalue weighted by Crippen LogP contribution is -2.36. The van der Waals surface area contributed by atoms with Gasteiger partial charge in [-0.1, -0.05) is 18.2 Å². The van der Waals surface area contributed by atoms with Crippen molar-refractivity contribution in [2.75, 3.05) is 36.5 Å². The van der Waals surface area contributed by atoms with Crippen LogP contribution in [-0.4, -0.2) is 41.6 Å². The maximum Gasteiger partial charge on any atom is 0.259 e. The van der Waals surface area contributed by atoms with Gasteiger partial charge in [-0.05, 0) is 48.5 Å². The standard InChI is InChI=1S/C25H24N4O3/c30-25(27-19-8-10-21(11-9-19)28-13-15-31-16-14-28)22-5-1-2-6-23(22)32-18-20-17-29-12-4-3-7-24(29)26-20/h1-12,17H,13-16,18H2,(H,27,30). The van der Waals surface area contributed by atoms with Crippen LogP contribution in [-0.2, 0) is 11.3 Å². The molecule has 7 nitrogen and oxygen atoms in total. The lowest BCUT2D eigenvalue weighted by molar-refractivity contribution is 0.102. The Morgan fingerprint density at radius 1 is 1.00 bits per heavy atom. The smallest absolute Gasteiger partial charge is 0.259 e. The Balaban J connectivity index is 1.26. The fourth-order valence-electron chi connectivity index (χ4n) is 3.76. The molecule has 1 aliphatic heterocycles. The molecule has 0 saturated carbocycles. The summed E-state index contributed by atoms with van der Waals surface area (Å²) < 4.78 is 13.3. The Kier molecular flexibility index (Phi) is 5.72. The number of imidazole rings is 1. The molecule has 0 radical (unpaired) electrons. The van der Waals surface area contributed by atoms with E-state index in [1.807, 2.05) is 71.4 Å². The van der Waals surface area contributed by atoms with Gasteiger partial charge in [-0.15, -0.1) is 0 Å². The Morgan fingerprint density at radius 2 is 1.78 bits per heavy atom. The number of pyridine rings is 1. The molecule has 4 aromatic rings. The fourth-order valence-corrected chi connectivity index (χ4v) is 3.76. The molecule has 162 valence electrons. The average molecular weight is 428 g/mol. The summed E-state index contributed by atoms with van der Waals surface area (Å²) in [5.74, 6) is 0.307. The topological polar surface area (TPSA) is 68.1 Å². The SMILES string of the molecule is O=C(Nc1ccc(N2CCOCC2)cc1)c1ccccc1OCc1cn2ccccc2n1. The molecular formula is C25H24N4O3. The van der Waals surface area contributed by atoms with Crippen LogP contribution in [0.25, 0.3) is 5.65 Å². The number of fused-ring (bicyclic) bond motifs is 1. The highest BCUT2D eigenvalue weighted by molar-refractivity contribution is 6.06. The Hall–Kier alpha value is -3.84. The number of nitrogens with zero attached hydrogens (tertiary/aromatic N) is 3. The van der Waals surface area contributed by atoms with E-state index in [4.69, 9.17) is 9.47 Å². The summed E-state index contributed by atoms with van der Waals surface area (Å²) in [7, 11) is 0. The van der Waals surface area contributed by atoms with Crippen LogP contribution in [0.15, 0.2) is 79.1 Å². The van der Waals surface area contributed by atoms with Gasteiger partial charge in [0.25, 0.3) is 5.91 Å². The van der Waals surface area contributed by atoms with Crippen molar-refractivity contribution in [1.29, 1.82) is 0 Å². The van der Waals surface area contributed by atoms with E-state index in [0.717, 1.165) is 49.0 Å². The summed E-state index contributed by atoms with van der Waals surface area (Å²) in [5.41, 5.74) is 4.00. The predicted octanol–water partition coefficient (Wildman–Crippen LogP) is 4.00. The zero-order valence-electron chi connectivity index (χ0n) is 17.6. The number of carbonyl (C=O) groups is 1. The summed E-state index contributed by atoms with van der Waals surface area (Å²) in [6, 6.07) is 21.0. The van der Waals surface area contributed by atoms with Gasteiger partial charge in [-0.3, -0.25) is 4.79 Å². The lowest BCUT2D eigenvalue weighted by Gasteiger charge is -2.28. The molecule has 1 aliphatic rings. The van der Waals surface area contributed by atoms with Gasteiger partial charge in [0.2, 0.25) is 0 Å². The molecule has 0 aliphatic carbocycles. The first-order valence-electron chi connectivity index (χ1n) is 10.6. The number of carbonyl (C=O) groups excluding carboxylic acids is 1. The number of benzene rings is 2. The molecule has 0 bridgehead atoms. The van der Waals surface area contributed by atoms with E-state index >= 15 is 0 Å². The summed E-state index contributed by atoms with van der Waals surface area (Å²) in [6.45, 7) is 3.51. The van der Waals surface area contributed by atoms with Crippen LogP contribution in [0.1, 0.15) is 16.1 Å². The van der Waals surface area contributed by atoms with Crippen molar-refractivity contribution in [3.8, 4) is 5.75 Å². The van der Waals surface area contributed by atoms with E-state index in [0.29, 0.717) is 11.3 Å². The Bertz CT molecular complexity index is 1180. The lowest BCUT2D eigenvalue weighted by atomic mass is 10.1. The molecule has 0 spiro atoms. The molecule has 2 aromatic heterocycles. The Morgan fingerprint density at radius 3 is 2.59 bits per heavy atom. The maximum atomic E-state index is 12.9. The molecule has 1 fully saturated rings. The first-order valence-corrected chi connectivity index (χ1v) is 10.6. The summed E-state index contributed by atoms with van der Waals surface area (Å²) in [6.07, 6.45) is 3.87. The number of amides is 1. The second-order valence-corrected chi connectivity index (χ2v) is 7.58. The largest absolute Gasteiger partial charge is 0.486 e. The first-order chi connectivity index (χ1) is 15.8. The van der Waals surface area contributed by atoms with Crippen molar-refractivity contribution in [3.63, 3.8) is 0 Å². The van der Waals surface area contributed by atoms with Crippen molar-refractivity contribution >= 4 is 22.9 Å². The summed E-state index contributed by atoms with van der Waals surface area (Å²) in [4.78, 5) is 19.8. The van der Waals surface area contributed by atoms with Crippen LogP contribution in [0.4, 0.5) is 11.4 Å². The molecule has 2 aromatic carbocycles. The number of hydrogen-bond donors (Lipinski definition) is 1. The van der Waals surface area contributed by atoms with Crippen LogP contribution in [0, 0.1) is 0 Å². The minimum atomic E-state index is -0.213. The number of morpholine rings is 1. The van der Waals surface area contributed by atoms with Gasteiger partial charge in [0.1, 0.15) is 18.0 Å². The first kappa shape index (κ1) is 20.1. The van der Waals surface area contributed by atoms with Crippen LogP contribution >= 0.6 is 0 Å². The average Bonchev–Trinajstić information content (AvgIpc) is 3.27. The zero-order chi connectivity index (χ0) is 21.8. The third-order valence-electron chi connectivity index (χ3n) is 5.42. The van der Waals surface area contributed by atoms with Crippen molar-refractivity contribution in [1.82, 2.24) is 9.38 Å². The van der Waals surface area contributed by atoms with Crippen molar-refractivity contribution in [3.05, 3.63) is 90.4 Å². The molecule has 0 unspecified atom stereocenters. The monoisotopic (exact) mass is 428 g/mol. The number of nitrogens with one attached hydrogen (secondary N) is 1. The van der Waals surface area contributed by atoms with Gasteiger partial charge in [-0.2, -0.15) is 0 Å². The molecule has 7 heteroatoms. The van der Waals surface area contributed by atoms with E-state index in [2.05, 4.69) is 15.2 Å². The van der Waals surface area contributed by atoms with Gasteiger partial charge in [0.05, 0.1) is 24.5 Å². The van der Waals surface area contributed by atoms with Crippen LogP contribution in [0.5, 0.6) is 5.75 Å². The number of ether oxygens (including phenoxy) is 2. The van der Waals surface area contributed by atoms with Crippen molar-refractivity contribution in [2.45, 2.75) is 6.61 Å². The minimum Gasteiger partial charge on any atom is -0.486 e. The van der Waals surface area contributed by atoms with Gasteiger partial charge in [0, 0.05) is 36.9 Å². The highest BCUT2D eigenvalue weighted by Crippen LogP contribution is 2.23. The quantitative estimate of drug-likeness (QED) is 0.503. The van der Waals surface area contributed by atoms with E-state index in [9.17, 15) is 4.79 Å². The second-order valence-electron chi connectivity index (χ2n) is 7.58. The molecule has 5 rings (SSSR count). The van der Waals surface area contributed by atoms with E-state index in [-0.39, 0.29) is 12.5 Å². The molecule has 3 heterocycles. The number of anilines is 2. The van der Waals surface area contributed by atoms with Crippen LogP contribution in [0.3, 0.4) is 0 Å². The van der Waals surface area contributed by atoms with Crippen LogP contribution < -0.4 is 15.0 Å². The van der Waals surface area contributed by atoms with Gasteiger partial charge in [-0.25, -0.2) is 4.98 Å². The van der Waals surface area contributed by atoms with Crippen LogP contribution in [0.2, 0.25) is 0 Å². The molecule has 32 heavy (non-hydrogen) atoms. The maximum absolute atomic E-state index is 12.9. The summed E-state index contributed by atoms with van der Waals surface area (Å²) in [5, 5.41) is 2.97. The third-order valence-corrected chi connectivity index (χ3v) is 5.42. The number of rotatable bonds is 6. The Labute approximate surface area is 186 Å². The van der Waals surface area contributed by atoms with E-state index < -0.39 is 0 Å². The second kappa shape index (κ2) is 9.11. The molecule has 1 amide bonds. The third kappa shape index (κ3) is 4.43. The number of hydrogen-bond acceptors (Lipinski definition) is 5. The fraction of sp³-hybridized carbons (Fsp3) is 0.200. The summed E-state index contributed by atoms with van der Waals surface area (Å²) >= 11 is 0. The van der Waals surface area contributed by atoms with Gasteiger partial charge in [0.15, 0.2) is 0 Å². The minimum absolute atomic E-state index is 0.213. The number of para-hydroxylation sites is 1. The number of aromatic nitrogens is 2. The zero-order valence-corrected chi connectivity index (χ0v) is 17.6. The molecule has 1 N–H and O–H groups in total. The van der Waals surface area contributed by atoms with Gasteiger partial charge >= 0.3 is 0 Å². The molecular weight excluding hydrogens is 404 g/mol. The molecule has 0 atom stereocenters. The highest BCUT2D eigenvalue weighted by atomic mass is 16.5. The van der Waals surface area contributed by atoms with Crippen molar-refractivity contribution < 1.29 is 14.3 Å². The normalized spacial score (nSPS) is 13.8. The molecule has 1 saturated heterocycles. The van der Waals surface area contributed by atoms with Gasteiger partial charge < -0.3 is 24.1 Å². The van der Waals surface area contributed by atoms with E-state index in [1.54, 1.807) is 12.1 Å². The van der Waals surface area contributed by atoms with Crippen molar-refractivity contribution in [2.24, 2.45) is 0 Å².